The minimum Gasteiger partial charge on any atom is -0.383 e. The minimum absolute atomic E-state index is 0.161. The number of amides is 1. The van der Waals surface area contributed by atoms with Gasteiger partial charge in [0, 0.05) is 19.9 Å². The van der Waals surface area contributed by atoms with Crippen LogP contribution < -0.4 is 10.6 Å². The minimum atomic E-state index is -0.161. The topological polar surface area (TPSA) is 66.2 Å². The molecule has 1 aromatic heterocycles. The van der Waals surface area contributed by atoms with Crippen molar-refractivity contribution in [3.8, 4) is 0 Å². The van der Waals surface area contributed by atoms with Gasteiger partial charge >= 0.3 is 0 Å². The second kappa shape index (κ2) is 6.61. The molecule has 2 aromatic rings. The molecule has 1 amide bonds. The molecule has 100 valence electrons. The number of methoxy groups -OCH3 is 1. The van der Waals surface area contributed by atoms with Crippen LogP contribution in [0.2, 0.25) is 0 Å². The quantitative estimate of drug-likeness (QED) is 0.697. The molecular formula is C14H17N3O2. The fourth-order valence-electron chi connectivity index (χ4n) is 1.70. The maximum Gasteiger partial charge on any atom is 0.272 e. The van der Waals surface area contributed by atoms with E-state index in [1.807, 2.05) is 24.3 Å². The largest absolute Gasteiger partial charge is 0.383 e. The normalized spacial score (nSPS) is 10.2. The Labute approximate surface area is 112 Å². The number of hydrogen-bond acceptors (Lipinski definition) is 3. The predicted molar refractivity (Wildman–Crippen MR) is 75.6 cm³/mol. The third kappa shape index (κ3) is 3.59. The molecular weight excluding hydrogens is 242 g/mol. The first-order valence-electron chi connectivity index (χ1n) is 6.08. The van der Waals surface area contributed by atoms with Gasteiger partial charge in [0.1, 0.15) is 5.69 Å². The Hall–Kier alpha value is -2.27. The Bertz CT molecular complexity index is 523. The SMILES string of the molecule is COCCNc1ccccc1NC(=O)c1ccc[nH]1. The molecule has 0 radical (unpaired) electrons. The molecule has 1 aromatic carbocycles. The van der Waals surface area contributed by atoms with Gasteiger partial charge in [0.05, 0.1) is 18.0 Å². The molecule has 0 saturated heterocycles. The number of anilines is 2. The number of para-hydroxylation sites is 2. The van der Waals surface area contributed by atoms with Crippen molar-refractivity contribution in [1.29, 1.82) is 0 Å². The highest BCUT2D eigenvalue weighted by Gasteiger charge is 2.08. The van der Waals surface area contributed by atoms with Crippen molar-refractivity contribution in [2.45, 2.75) is 0 Å². The molecule has 2 rings (SSSR count). The lowest BCUT2D eigenvalue weighted by molar-refractivity contribution is 0.102. The summed E-state index contributed by atoms with van der Waals surface area (Å²) in [5, 5.41) is 6.08. The van der Waals surface area contributed by atoms with Crippen LogP contribution in [0.25, 0.3) is 0 Å². The number of aromatic nitrogens is 1. The van der Waals surface area contributed by atoms with Gasteiger partial charge in [-0.15, -0.1) is 0 Å². The van der Waals surface area contributed by atoms with Crippen LogP contribution in [0.1, 0.15) is 10.5 Å². The van der Waals surface area contributed by atoms with E-state index >= 15 is 0 Å². The highest BCUT2D eigenvalue weighted by Crippen LogP contribution is 2.21. The highest BCUT2D eigenvalue weighted by molar-refractivity contribution is 6.04. The number of rotatable bonds is 6. The third-order valence-corrected chi connectivity index (χ3v) is 2.64. The van der Waals surface area contributed by atoms with Crippen LogP contribution in [0.5, 0.6) is 0 Å². The van der Waals surface area contributed by atoms with Gasteiger partial charge in [0.25, 0.3) is 5.91 Å². The molecule has 0 unspecified atom stereocenters. The second-order valence-electron chi connectivity index (χ2n) is 4.00. The number of hydrogen-bond donors (Lipinski definition) is 3. The first kappa shape index (κ1) is 13.2. The van der Waals surface area contributed by atoms with E-state index in [0.717, 1.165) is 11.4 Å². The molecule has 0 bridgehead atoms. The fraction of sp³-hybridized carbons (Fsp3) is 0.214. The zero-order valence-electron chi connectivity index (χ0n) is 10.8. The Morgan fingerprint density at radius 2 is 2.00 bits per heavy atom. The average Bonchev–Trinajstić information content (AvgIpc) is 2.95. The van der Waals surface area contributed by atoms with E-state index in [9.17, 15) is 4.79 Å². The van der Waals surface area contributed by atoms with Gasteiger partial charge in [-0.1, -0.05) is 12.1 Å². The van der Waals surface area contributed by atoms with E-state index in [1.165, 1.54) is 0 Å². The zero-order chi connectivity index (χ0) is 13.5. The van der Waals surface area contributed by atoms with Crippen LogP contribution in [-0.4, -0.2) is 31.2 Å². The number of aromatic amines is 1. The van der Waals surface area contributed by atoms with Gasteiger partial charge in [-0.3, -0.25) is 4.79 Å². The summed E-state index contributed by atoms with van der Waals surface area (Å²) in [6.07, 6.45) is 1.72. The van der Waals surface area contributed by atoms with E-state index in [1.54, 1.807) is 25.4 Å². The van der Waals surface area contributed by atoms with Gasteiger partial charge < -0.3 is 20.4 Å². The van der Waals surface area contributed by atoms with Crippen LogP contribution in [0.15, 0.2) is 42.6 Å². The number of benzene rings is 1. The van der Waals surface area contributed by atoms with Crippen LogP contribution >= 0.6 is 0 Å². The van der Waals surface area contributed by atoms with E-state index in [0.29, 0.717) is 18.8 Å². The molecule has 0 saturated carbocycles. The molecule has 19 heavy (non-hydrogen) atoms. The highest BCUT2D eigenvalue weighted by atomic mass is 16.5. The summed E-state index contributed by atoms with van der Waals surface area (Å²) in [5.74, 6) is -0.161. The molecule has 0 aliphatic heterocycles. The Balaban J connectivity index is 2.05. The lowest BCUT2D eigenvalue weighted by Crippen LogP contribution is -2.15. The van der Waals surface area contributed by atoms with Gasteiger partial charge in [0.15, 0.2) is 0 Å². The number of carbonyl (C=O) groups excluding carboxylic acids is 1. The molecule has 1 heterocycles. The van der Waals surface area contributed by atoms with Crippen molar-refractivity contribution in [2.75, 3.05) is 30.9 Å². The molecule has 5 nitrogen and oxygen atoms in total. The van der Waals surface area contributed by atoms with Crippen LogP contribution in [0, 0.1) is 0 Å². The lowest BCUT2D eigenvalue weighted by atomic mass is 10.2. The third-order valence-electron chi connectivity index (χ3n) is 2.64. The second-order valence-corrected chi connectivity index (χ2v) is 4.00. The van der Waals surface area contributed by atoms with Crippen LogP contribution in [0.3, 0.4) is 0 Å². The average molecular weight is 259 g/mol. The van der Waals surface area contributed by atoms with Crippen LogP contribution in [0.4, 0.5) is 11.4 Å². The standard InChI is InChI=1S/C14H17N3O2/c1-19-10-9-16-11-5-2-3-6-12(11)17-14(18)13-7-4-8-15-13/h2-8,15-16H,9-10H2,1H3,(H,17,18). The van der Waals surface area contributed by atoms with Crippen molar-refractivity contribution in [3.63, 3.8) is 0 Å². The van der Waals surface area contributed by atoms with Crippen LogP contribution in [-0.2, 0) is 4.74 Å². The zero-order valence-corrected chi connectivity index (χ0v) is 10.8. The van der Waals surface area contributed by atoms with Gasteiger partial charge in [-0.25, -0.2) is 0 Å². The monoisotopic (exact) mass is 259 g/mol. The number of ether oxygens (including phenoxy) is 1. The molecule has 0 spiro atoms. The fourth-order valence-corrected chi connectivity index (χ4v) is 1.70. The van der Waals surface area contributed by atoms with E-state index in [-0.39, 0.29) is 5.91 Å². The molecule has 0 fully saturated rings. The summed E-state index contributed by atoms with van der Waals surface area (Å²) in [5.41, 5.74) is 2.16. The molecule has 0 atom stereocenters. The number of H-pyrrole nitrogens is 1. The summed E-state index contributed by atoms with van der Waals surface area (Å²) in [4.78, 5) is 14.8. The lowest BCUT2D eigenvalue weighted by Gasteiger charge is -2.12. The Morgan fingerprint density at radius 3 is 2.68 bits per heavy atom. The van der Waals surface area contributed by atoms with E-state index in [4.69, 9.17) is 4.74 Å². The Kier molecular flexibility index (Phi) is 4.58. The number of nitrogens with one attached hydrogen (secondary N) is 3. The molecule has 5 heteroatoms. The van der Waals surface area contributed by atoms with Gasteiger partial charge in [0.2, 0.25) is 0 Å². The first-order valence-corrected chi connectivity index (χ1v) is 6.08. The van der Waals surface area contributed by atoms with Crippen molar-refractivity contribution in [2.24, 2.45) is 0 Å². The smallest absolute Gasteiger partial charge is 0.272 e. The van der Waals surface area contributed by atoms with Crippen molar-refractivity contribution in [3.05, 3.63) is 48.3 Å². The Morgan fingerprint density at radius 1 is 1.21 bits per heavy atom. The summed E-state index contributed by atoms with van der Waals surface area (Å²) < 4.78 is 4.99. The molecule has 0 aliphatic rings. The maximum absolute atomic E-state index is 12.0. The van der Waals surface area contributed by atoms with Crippen molar-refractivity contribution in [1.82, 2.24) is 4.98 Å². The first-order chi connectivity index (χ1) is 9.31. The summed E-state index contributed by atoms with van der Waals surface area (Å²) in [6.45, 7) is 1.30. The summed E-state index contributed by atoms with van der Waals surface area (Å²) >= 11 is 0. The van der Waals surface area contributed by atoms with Gasteiger partial charge in [-0.05, 0) is 24.3 Å². The number of carbonyl (C=O) groups is 1. The van der Waals surface area contributed by atoms with E-state index in [2.05, 4.69) is 15.6 Å². The predicted octanol–water partition coefficient (Wildman–Crippen LogP) is 2.33. The maximum atomic E-state index is 12.0. The molecule has 3 N–H and O–H groups in total. The van der Waals surface area contributed by atoms with Crippen molar-refractivity contribution < 1.29 is 9.53 Å². The van der Waals surface area contributed by atoms with Gasteiger partial charge in [-0.2, -0.15) is 0 Å². The summed E-state index contributed by atoms with van der Waals surface area (Å²) in [7, 11) is 1.65. The van der Waals surface area contributed by atoms with E-state index < -0.39 is 0 Å². The molecule has 0 aliphatic carbocycles. The summed E-state index contributed by atoms with van der Waals surface area (Å²) in [6, 6.07) is 11.1. The van der Waals surface area contributed by atoms with Crippen molar-refractivity contribution >= 4 is 17.3 Å².